The van der Waals surface area contributed by atoms with Gasteiger partial charge in [-0.3, -0.25) is 4.79 Å². The van der Waals surface area contributed by atoms with Gasteiger partial charge in [-0.25, -0.2) is 0 Å². The van der Waals surface area contributed by atoms with Crippen molar-refractivity contribution in [2.75, 3.05) is 19.0 Å². The van der Waals surface area contributed by atoms with Crippen LogP contribution in [0, 0.1) is 0 Å². The molecule has 0 unspecified atom stereocenters. The first-order valence-electron chi connectivity index (χ1n) is 8.42. The van der Waals surface area contributed by atoms with E-state index >= 15 is 0 Å². The fourth-order valence-electron chi connectivity index (χ4n) is 3.24. The molecule has 1 aromatic heterocycles. The topological polar surface area (TPSA) is 63.3 Å². The molecule has 1 fully saturated rings. The van der Waals surface area contributed by atoms with E-state index in [4.69, 9.17) is 9.47 Å². The smallest absolute Gasteiger partial charge is 0.253 e. The van der Waals surface area contributed by atoms with E-state index in [9.17, 15) is 4.79 Å². The highest BCUT2D eigenvalue weighted by Crippen LogP contribution is 2.32. The van der Waals surface area contributed by atoms with E-state index in [1.54, 1.807) is 7.11 Å². The Labute approximate surface area is 146 Å². The lowest BCUT2D eigenvalue weighted by Gasteiger charge is -2.11. The molecule has 25 heavy (non-hydrogen) atoms. The molecule has 1 amide bonds. The number of hydrogen-bond acceptors (Lipinski definition) is 3. The van der Waals surface area contributed by atoms with Crippen molar-refractivity contribution < 1.29 is 14.3 Å². The van der Waals surface area contributed by atoms with Gasteiger partial charge in [-0.1, -0.05) is 12.1 Å². The lowest BCUT2D eigenvalue weighted by atomic mass is 10.0. The Kier molecular flexibility index (Phi) is 4.15. The third kappa shape index (κ3) is 3.10. The van der Waals surface area contributed by atoms with Crippen molar-refractivity contribution in [1.82, 2.24) is 4.98 Å². The van der Waals surface area contributed by atoms with E-state index in [1.165, 1.54) is 0 Å². The molecule has 0 bridgehead atoms. The number of anilines is 1. The van der Waals surface area contributed by atoms with E-state index in [2.05, 4.69) is 10.3 Å². The lowest BCUT2D eigenvalue weighted by molar-refractivity contribution is -0.124. The first-order valence-corrected chi connectivity index (χ1v) is 8.42. The summed E-state index contributed by atoms with van der Waals surface area (Å²) >= 11 is 0. The van der Waals surface area contributed by atoms with Gasteiger partial charge in [0.25, 0.3) is 5.91 Å². The van der Waals surface area contributed by atoms with Gasteiger partial charge < -0.3 is 19.8 Å². The van der Waals surface area contributed by atoms with Crippen molar-refractivity contribution >= 4 is 22.5 Å². The minimum atomic E-state index is -0.332. The molecule has 5 heteroatoms. The number of nitrogens with one attached hydrogen (secondary N) is 2. The molecule has 0 aliphatic carbocycles. The molecular weight excluding hydrogens is 316 g/mol. The molecule has 2 N–H and O–H groups in total. The van der Waals surface area contributed by atoms with Crippen LogP contribution in [0.5, 0.6) is 5.75 Å². The molecule has 5 nitrogen and oxygen atoms in total. The molecule has 1 aliphatic heterocycles. The zero-order valence-electron chi connectivity index (χ0n) is 14.0. The second-order valence-corrected chi connectivity index (χ2v) is 6.19. The Hall–Kier alpha value is -2.79. The molecule has 3 aromatic rings. The van der Waals surface area contributed by atoms with Crippen LogP contribution in [0.4, 0.5) is 5.69 Å². The maximum absolute atomic E-state index is 12.2. The monoisotopic (exact) mass is 336 g/mol. The molecule has 4 rings (SSSR count). The maximum Gasteiger partial charge on any atom is 0.253 e. The Morgan fingerprint density at radius 3 is 3.00 bits per heavy atom. The molecule has 1 atom stereocenters. The number of hydrogen-bond donors (Lipinski definition) is 2. The van der Waals surface area contributed by atoms with Crippen LogP contribution in [0.1, 0.15) is 12.8 Å². The number of benzene rings is 2. The van der Waals surface area contributed by atoms with E-state index in [0.29, 0.717) is 6.61 Å². The molecule has 2 aromatic carbocycles. The molecule has 1 aliphatic rings. The number of rotatable bonds is 4. The summed E-state index contributed by atoms with van der Waals surface area (Å²) in [5.74, 6) is 0.742. The summed E-state index contributed by atoms with van der Waals surface area (Å²) in [4.78, 5) is 15.5. The standard InChI is InChI=1S/C20H20N2O3/c1-24-15-7-8-18-16(11-15)17(12-21-18)13-4-2-5-14(10-13)22-20(23)19-6-3-9-25-19/h2,4-5,7-8,10-12,19,21H,3,6,9H2,1H3,(H,22,23)/t19-/m1/s1. The van der Waals surface area contributed by atoms with Crippen LogP contribution in [0.25, 0.3) is 22.0 Å². The normalized spacial score (nSPS) is 16.9. The van der Waals surface area contributed by atoms with E-state index in [1.807, 2.05) is 48.7 Å². The van der Waals surface area contributed by atoms with Crippen molar-refractivity contribution in [3.05, 3.63) is 48.7 Å². The zero-order chi connectivity index (χ0) is 17.2. The number of methoxy groups -OCH3 is 1. The zero-order valence-corrected chi connectivity index (χ0v) is 14.0. The number of amides is 1. The van der Waals surface area contributed by atoms with Crippen molar-refractivity contribution in [2.45, 2.75) is 18.9 Å². The number of aromatic nitrogens is 1. The summed E-state index contributed by atoms with van der Waals surface area (Å²) in [6.07, 6.45) is 3.37. The second-order valence-electron chi connectivity index (χ2n) is 6.19. The third-order valence-electron chi connectivity index (χ3n) is 4.55. The molecule has 0 spiro atoms. The number of fused-ring (bicyclic) bond motifs is 1. The Bertz CT molecular complexity index is 910. The first-order chi connectivity index (χ1) is 12.2. The quantitative estimate of drug-likeness (QED) is 0.758. The van der Waals surface area contributed by atoms with Gasteiger partial charge in [0, 0.05) is 35.0 Å². The summed E-state index contributed by atoms with van der Waals surface area (Å²) in [7, 11) is 1.66. The van der Waals surface area contributed by atoms with Gasteiger partial charge in [0.15, 0.2) is 0 Å². The lowest BCUT2D eigenvalue weighted by Crippen LogP contribution is -2.26. The molecular formula is C20H20N2O3. The average Bonchev–Trinajstić information content (AvgIpc) is 3.31. The van der Waals surface area contributed by atoms with Gasteiger partial charge in [0.1, 0.15) is 11.9 Å². The summed E-state index contributed by atoms with van der Waals surface area (Å²) in [5, 5.41) is 4.04. The third-order valence-corrected chi connectivity index (χ3v) is 4.55. The predicted octanol–water partition coefficient (Wildman–Crippen LogP) is 3.96. The van der Waals surface area contributed by atoms with Crippen LogP contribution in [-0.4, -0.2) is 30.7 Å². The highest BCUT2D eigenvalue weighted by molar-refractivity contribution is 5.98. The minimum Gasteiger partial charge on any atom is -0.497 e. The summed E-state index contributed by atoms with van der Waals surface area (Å²) in [6.45, 7) is 0.662. The van der Waals surface area contributed by atoms with Crippen molar-refractivity contribution in [3.8, 4) is 16.9 Å². The van der Waals surface area contributed by atoms with E-state index < -0.39 is 0 Å². The number of aromatic amines is 1. The average molecular weight is 336 g/mol. The largest absolute Gasteiger partial charge is 0.497 e. The summed E-state index contributed by atoms with van der Waals surface area (Å²) < 4.78 is 10.8. The van der Waals surface area contributed by atoms with Gasteiger partial charge in [-0.05, 0) is 48.7 Å². The molecule has 2 heterocycles. The van der Waals surface area contributed by atoms with Crippen LogP contribution in [-0.2, 0) is 9.53 Å². The van der Waals surface area contributed by atoms with Crippen LogP contribution in [0.2, 0.25) is 0 Å². The van der Waals surface area contributed by atoms with Crippen molar-refractivity contribution in [3.63, 3.8) is 0 Å². The molecule has 128 valence electrons. The number of ether oxygens (including phenoxy) is 2. The first kappa shape index (κ1) is 15.7. The second kappa shape index (κ2) is 6.61. The Balaban J connectivity index is 1.64. The van der Waals surface area contributed by atoms with Gasteiger partial charge in [-0.2, -0.15) is 0 Å². The number of carbonyl (C=O) groups is 1. The summed E-state index contributed by atoms with van der Waals surface area (Å²) in [5.41, 5.74) is 3.92. The predicted molar refractivity (Wildman–Crippen MR) is 97.9 cm³/mol. The van der Waals surface area contributed by atoms with E-state index in [-0.39, 0.29) is 12.0 Å². The molecule has 1 saturated heterocycles. The fraction of sp³-hybridized carbons (Fsp3) is 0.250. The maximum atomic E-state index is 12.2. The number of H-pyrrole nitrogens is 1. The van der Waals surface area contributed by atoms with E-state index in [0.717, 1.165) is 46.3 Å². The number of carbonyl (C=O) groups excluding carboxylic acids is 1. The molecule has 0 radical (unpaired) electrons. The van der Waals surface area contributed by atoms with Crippen molar-refractivity contribution in [2.24, 2.45) is 0 Å². The van der Waals surface area contributed by atoms with Crippen LogP contribution in [0.3, 0.4) is 0 Å². The van der Waals surface area contributed by atoms with Gasteiger partial charge >= 0.3 is 0 Å². The van der Waals surface area contributed by atoms with Gasteiger partial charge in [0.2, 0.25) is 0 Å². The van der Waals surface area contributed by atoms with Crippen LogP contribution in [0.15, 0.2) is 48.7 Å². The highest BCUT2D eigenvalue weighted by Gasteiger charge is 2.23. The molecule has 0 saturated carbocycles. The van der Waals surface area contributed by atoms with Crippen LogP contribution < -0.4 is 10.1 Å². The fourth-order valence-corrected chi connectivity index (χ4v) is 3.24. The Morgan fingerprint density at radius 1 is 1.28 bits per heavy atom. The van der Waals surface area contributed by atoms with Gasteiger partial charge in [0.05, 0.1) is 7.11 Å². The SMILES string of the molecule is COc1ccc2[nH]cc(-c3cccc(NC(=O)[C@H]4CCCO4)c3)c2c1. The minimum absolute atomic E-state index is 0.0738. The Morgan fingerprint density at radius 2 is 2.20 bits per heavy atom. The highest BCUT2D eigenvalue weighted by atomic mass is 16.5. The van der Waals surface area contributed by atoms with Gasteiger partial charge in [-0.15, -0.1) is 0 Å². The van der Waals surface area contributed by atoms with Crippen molar-refractivity contribution in [1.29, 1.82) is 0 Å². The summed E-state index contributed by atoms with van der Waals surface area (Å²) in [6, 6.07) is 13.8. The van der Waals surface area contributed by atoms with Crippen LogP contribution >= 0.6 is 0 Å².